The summed E-state index contributed by atoms with van der Waals surface area (Å²) >= 11 is 0. The molecule has 2 unspecified atom stereocenters. The minimum atomic E-state index is -0.527. The topological polar surface area (TPSA) is 84.6 Å². The summed E-state index contributed by atoms with van der Waals surface area (Å²) in [5, 5.41) is 11.6. The molecule has 15 heavy (non-hydrogen) atoms. The number of carbonyl (C=O) groups excluding carboxylic acids is 1. The minimum absolute atomic E-state index is 0.131. The van der Waals surface area contributed by atoms with Gasteiger partial charge in [0.1, 0.15) is 0 Å². The van der Waals surface area contributed by atoms with Crippen molar-refractivity contribution in [3.8, 4) is 0 Å². The van der Waals surface area contributed by atoms with Gasteiger partial charge in [-0.2, -0.15) is 0 Å². The van der Waals surface area contributed by atoms with Crippen molar-refractivity contribution in [1.29, 1.82) is 0 Å². The van der Waals surface area contributed by atoms with E-state index in [4.69, 9.17) is 15.6 Å². The summed E-state index contributed by atoms with van der Waals surface area (Å²) in [7, 11) is 1.52. The van der Waals surface area contributed by atoms with Gasteiger partial charge in [-0.15, -0.1) is 0 Å². The van der Waals surface area contributed by atoms with Crippen LogP contribution in [-0.2, 0) is 9.53 Å². The van der Waals surface area contributed by atoms with Gasteiger partial charge in [-0.05, 0) is 5.92 Å². The molecule has 1 amide bonds. The van der Waals surface area contributed by atoms with Crippen LogP contribution >= 0.6 is 0 Å². The maximum absolute atomic E-state index is 11.6. The van der Waals surface area contributed by atoms with Gasteiger partial charge >= 0.3 is 0 Å². The van der Waals surface area contributed by atoms with E-state index in [-0.39, 0.29) is 31.1 Å². The molecule has 0 aliphatic carbocycles. The Balaban J connectivity index is 4.09. The Kier molecular flexibility index (Phi) is 7.29. The van der Waals surface area contributed by atoms with Gasteiger partial charge in [0, 0.05) is 7.11 Å². The van der Waals surface area contributed by atoms with E-state index < -0.39 is 6.04 Å². The molecule has 0 aliphatic rings. The molecule has 0 heterocycles. The molecule has 5 nitrogen and oxygen atoms in total. The molecular weight excluding hydrogens is 196 g/mol. The summed E-state index contributed by atoms with van der Waals surface area (Å²) in [4.78, 5) is 11.6. The third-order valence-electron chi connectivity index (χ3n) is 2.49. The predicted molar refractivity (Wildman–Crippen MR) is 58.3 cm³/mol. The Morgan fingerprint density at radius 2 is 2.20 bits per heavy atom. The standard InChI is InChI=1S/C10H22N2O3/c1-4-7(2)9(11)10(14)12-8(5-13)6-15-3/h7-9,13H,4-6,11H2,1-3H3,(H,12,14)/t7?,8?,9-/m0/s1. The fourth-order valence-corrected chi connectivity index (χ4v) is 1.15. The molecule has 5 heteroatoms. The zero-order chi connectivity index (χ0) is 11.8. The first-order chi connectivity index (χ1) is 7.06. The lowest BCUT2D eigenvalue weighted by Crippen LogP contribution is -2.50. The Labute approximate surface area is 91.0 Å². The molecule has 0 aromatic rings. The van der Waals surface area contributed by atoms with E-state index in [1.54, 1.807) is 0 Å². The highest BCUT2D eigenvalue weighted by Gasteiger charge is 2.21. The fraction of sp³-hybridized carbons (Fsp3) is 0.900. The molecule has 0 rings (SSSR count). The average Bonchev–Trinajstić information content (AvgIpc) is 2.26. The third-order valence-corrected chi connectivity index (χ3v) is 2.49. The fourth-order valence-electron chi connectivity index (χ4n) is 1.15. The number of amides is 1. The van der Waals surface area contributed by atoms with Crippen molar-refractivity contribution in [2.24, 2.45) is 11.7 Å². The van der Waals surface area contributed by atoms with Crippen LogP contribution in [0.2, 0.25) is 0 Å². The molecular formula is C10H22N2O3. The first kappa shape index (κ1) is 14.3. The van der Waals surface area contributed by atoms with E-state index in [9.17, 15) is 4.79 Å². The van der Waals surface area contributed by atoms with Gasteiger partial charge in [0.25, 0.3) is 0 Å². The summed E-state index contributed by atoms with van der Waals surface area (Å²) in [6.07, 6.45) is 0.850. The number of ether oxygens (including phenoxy) is 1. The molecule has 0 bridgehead atoms. The summed E-state index contributed by atoms with van der Waals surface area (Å²) in [6.45, 7) is 4.05. The van der Waals surface area contributed by atoms with Gasteiger partial charge in [-0.3, -0.25) is 4.79 Å². The van der Waals surface area contributed by atoms with Crippen molar-refractivity contribution in [3.63, 3.8) is 0 Å². The molecule has 4 N–H and O–H groups in total. The number of aliphatic hydroxyl groups is 1. The molecule has 0 spiro atoms. The maximum atomic E-state index is 11.6. The van der Waals surface area contributed by atoms with E-state index >= 15 is 0 Å². The largest absolute Gasteiger partial charge is 0.394 e. The average molecular weight is 218 g/mol. The predicted octanol–water partition coefficient (Wildman–Crippen LogP) is -0.517. The first-order valence-electron chi connectivity index (χ1n) is 5.22. The van der Waals surface area contributed by atoms with Gasteiger partial charge in [-0.1, -0.05) is 20.3 Å². The van der Waals surface area contributed by atoms with Crippen LogP contribution < -0.4 is 11.1 Å². The van der Waals surface area contributed by atoms with Crippen molar-refractivity contribution >= 4 is 5.91 Å². The molecule has 0 saturated heterocycles. The van der Waals surface area contributed by atoms with Crippen LogP contribution in [0.1, 0.15) is 20.3 Å². The SMILES string of the molecule is CCC(C)[C@H](N)C(=O)NC(CO)COC. The Morgan fingerprint density at radius 3 is 2.60 bits per heavy atom. The first-order valence-corrected chi connectivity index (χ1v) is 5.22. The number of rotatable bonds is 7. The van der Waals surface area contributed by atoms with Gasteiger partial charge in [0.05, 0.1) is 25.3 Å². The lowest BCUT2D eigenvalue weighted by molar-refractivity contribution is -0.124. The van der Waals surface area contributed by atoms with Crippen molar-refractivity contribution in [3.05, 3.63) is 0 Å². The van der Waals surface area contributed by atoms with Crippen molar-refractivity contribution in [2.45, 2.75) is 32.4 Å². The normalized spacial score (nSPS) is 16.9. The summed E-state index contributed by atoms with van der Waals surface area (Å²) in [5.41, 5.74) is 5.74. The second kappa shape index (κ2) is 7.62. The van der Waals surface area contributed by atoms with Crippen LogP contribution in [0.25, 0.3) is 0 Å². The van der Waals surface area contributed by atoms with Gasteiger partial charge in [0.2, 0.25) is 5.91 Å². The highest BCUT2D eigenvalue weighted by Crippen LogP contribution is 2.05. The minimum Gasteiger partial charge on any atom is -0.394 e. The van der Waals surface area contributed by atoms with Crippen molar-refractivity contribution in [1.82, 2.24) is 5.32 Å². The van der Waals surface area contributed by atoms with Crippen molar-refractivity contribution in [2.75, 3.05) is 20.3 Å². The zero-order valence-corrected chi connectivity index (χ0v) is 9.69. The van der Waals surface area contributed by atoms with Crippen LogP contribution in [0.5, 0.6) is 0 Å². The number of hydrogen-bond donors (Lipinski definition) is 3. The Bertz CT molecular complexity index is 188. The van der Waals surface area contributed by atoms with Crippen LogP contribution in [0.15, 0.2) is 0 Å². The van der Waals surface area contributed by atoms with Gasteiger partial charge in [-0.25, -0.2) is 0 Å². The van der Waals surface area contributed by atoms with E-state index in [0.717, 1.165) is 6.42 Å². The Hall–Kier alpha value is -0.650. The van der Waals surface area contributed by atoms with E-state index in [2.05, 4.69) is 5.32 Å². The Morgan fingerprint density at radius 1 is 1.60 bits per heavy atom. The molecule has 0 radical (unpaired) electrons. The molecule has 0 aliphatic heterocycles. The lowest BCUT2D eigenvalue weighted by atomic mass is 9.99. The third kappa shape index (κ3) is 5.11. The summed E-state index contributed by atoms with van der Waals surface area (Å²) in [6, 6.07) is -0.904. The maximum Gasteiger partial charge on any atom is 0.237 e. The van der Waals surface area contributed by atoms with Gasteiger partial charge < -0.3 is 20.9 Å². The smallest absolute Gasteiger partial charge is 0.237 e. The van der Waals surface area contributed by atoms with Crippen LogP contribution in [0.4, 0.5) is 0 Å². The number of carbonyl (C=O) groups is 1. The summed E-state index contributed by atoms with van der Waals surface area (Å²) < 4.78 is 4.85. The highest BCUT2D eigenvalue weighted by molar-refractivity contribution is 5.82. The molecule has 90 valence electrons. The van der Waals surface area contributed by atoms with Crippen molar-refractivity contribution < 1.29 is 14.6 Å². The molecule has 3 atom stereocenters. The van der Waals surface area contributed by atoms with E-state index in [1.807, 2.05) is 13.8 Å². The molecule has 0 saturated carbocycles. The van der Waals surface area contributed by atoms with E-state index in [1.165, 1.54) is 7.11 Å². The monoisotopic (exact) mass is 218 g/mol. The second-order valence-electron chi connectivity index (χ2n) is 3.75. The van der Waals surface area contributed by atoms with E-state index in [0.29, 0.717) is 0 Å². The summed E-state index contributed by atoms with van der Waals surface area (Å²) in [5.74, 6) is -0.104. The number of methoxy groups -OCH3 is 1. The zero-order valence-electron chi connectivity index (χ0n) is 9.69. The van der Waals surface area contributed by atoms with Crippen LogP contribution in [-0.4, -0.2) is 43.4 Å². The molecule has 0 aromatic heterocycles. The number of nitrogens with one attached hydrogen (secondary N) is 1. The van der Waals surface area contributed by atoms with Crippen LogP contribution in [0, 0.1) is 5.92 Å². The number of nitrogens with two attached hydrogens (primary N) is 1. The lowest BCUT2D eigenvalue weighted by Gasteiger charge is -2.21. The van der Waals surface area contributed by atoms with Gasteiger partial charge in [0.15, 0.2) is 0 Å². The molecule has 0 fully saturated rings. The number of hydrogen-bond acceptors (Lipinski definition) is 4. The molecule has 0 aromatic carbocycles. The number of aliphatic hydroxyl groups excluding tert-OH is 1. The second-order valence-corrected chi connectivity index (χ2v) is 3.75. The van der Waals surface area contributed by atoms with Crippen LogP contribution in [0.3, 0.4) is 0 Å². The quantitative estimate of drug-likeness (QED) is 0.537. The highest BCUT2D eigenvalue weighted by atomic mass is 16.5.